The Balaban J connectivity index is 2.13. The van der Waals surface area contributed by atoms with Crippen molar-refractivity contribution < 1.29 is 36.7 Å². The SMILES string of the molecule is CCOC(=O)CCCOc1ccc(B2OC(C)(C)C(C)(C)O2)cc1C(F)(F)F. The molecule has 1 aliphatic rings. The van der Waals surface area contributed by atoms with E-state index in [0.717, 1.165) is 6.07 Å². The molecule has 9 heteroatoms. The zero-order chi connectivity index (χ0) is 21.2. The normalized spacial score (nSPS) is 18.2. The lowest BCUT2D eigenvalue weighted by Gasteiger charge is -2.32. The van der Waals surface area contributed by atoms with Crippen LogP contribution in [-0.2, 0) is 25.0 Å². The Morgan fingerprint density at radius 2 is 1.75 bits per heavy atom. The van der Waals surface area contributed by atoms with Gasteiger partial charge in [-0.1, -0.05) is 6.07 Å². The van der Waals surface area contributed by atoms with E-state index in [1.807, 2.05) is 27.7 Å². The number of esters is 1. The largest absolute Gasteiger partial charge is 0.494 e. The van der Waals surface area contributed by atoms with Gasteiger partial charge in [-0.25, -0.2) is 0 Å². The fourth-order valence-corrected chi connectivity index (χ4v) is 2.65. The number of alkyl halides is 3. The van der Waals surface area contributed by atoms with Gasteiger partial charge in [-0.3, -0.25) is 4.79 Å². The molecule has 5 nitrogen and oxygen atoms in total. The van der Waals surface area contributed by atoms with Gasteiger partial charge in [0.15, 0.2) is 0 Å². The Morgan fingerprint density at radius 1 is 1.14 bits per heavy atom. The van der Waals surface area contributed by atoms with Gasteiger partial charge >= 0.3 is 19.3 Å². The lowest BCUT2D eigenvalue weighted by Crippen LogP contribution is -2.41. The maximum Gasteiger partial charge on any atom is 0.494 e. The van der Waals surface area contributed by atoms with Crippen LogP contribution in [0.1, 0.15) is 53.0 Å². The molecule has 0 spiro atoms. The quantitative estimate of drug-likeness (QED) is 0.395. The van der Waals surface area contributed by atoms with Crippen molar-refractivity contribution >= 4 is 18.6 Å². The van der Waals surface area contributed by atoms with Crippen LogP contribution in [0.15, 0.2) is 18.2 Å². The van der Waals surface area contributed by atoms with E-state index in [4.69, 9.17) is 18.8 Å². The number of carbonyl (C=O) groups is 1. The molecule has 1 aromatic carbocycles. The average molecular weight is 402 g/mol. The highest BCUT2D eigenvalue weighted by atomic mass is 19.4. The number of ether oxygens (including phenoxy) is 2. The Bertz CT molecular complexity index is 687. The Kier molecular flexibility index (Phi) is 6.71. The number of halogens is 3. The summed E-state index contributed by atoms with van der Waals surface area (Å²) in [6, 6.07) is 3.74. The third kappa shape index (κ3) is 5.20. The van der Waals surface area contributed by atoms with Gasteiger partial charge in [-0.2, -0.15) is 13.2 Å². The fraction of sp³-hybridized carbons (Fsp3) is 0.632. The molecule has 1 heterocycles. The minimum Gasteiger partial charge on any atom is -0.493 e. The van der Waals surface area contributed by atoms with Crippen molar-refractivity contribution in [3.63, 3.8) is 0 Å². The molecule has 1 saturated heterocycles. The highest BCUT2D eigenvalue weighted by Crippen LogP contribution is 2.39. The van der Waals surface area contributed by atoms with Gasteiger partial charge in [-0.05, 0) is 58.6 Å². The monoisotopic (exact) mass is 402 g/mol. The van der Waals surface area contributed by atoms with Crippen LogP contribution >= 0.6 is 0 Å². The highest BCUT2D eigenvalue weighted by Gasteiger charge is 2.52. The Hall–Kier alpha value is -1.74. The van der Waals surface area contributed by atoms with Crippen LogP contribution in [0, 0.1) is 0 Å². The fourth-order valence-electron chi connectivity index (χ4n) is 2.65. The summed E-state index contributed by atoms with van der Waals surface area (Å²) < 4.78 is 62.3. The molecule has 0 unspecified atom stereocenters. The Labute approximate surface area is 163 Å². The van der Waals surface area contributed by atoms with Crippen molar-refractivity contribution in [1.29, 1.82) is 0 Å². The standard InChI is InChI=1S/C19H26BF3O5/c1-6-25-16(24)8-7-11-26-15-10-9-13(12-14(15)19(21,22)23)20-27-17(2,3)18(4,5)28-20/h9-10,12H,6-8,11H2,1-5H3. The summed E-state index contributed by atoms with van der Waals surface area (Å²) in [6.07, 6.45) is -4.26. The summed E-state index contributed by atoms with van der Waals surface area (Å²) in [4.78, 5) is 11.3. The molecular weight excluding hydrogens is 376 g/mol. The third-order valence-corrected chi connectivity index (χ3v) is 4.92. The Morgan fingerprint density at radius 3 is 2.29 bits per heavy atom. The van der Waals surface area contributed by atoms with Crippen molar-refractivity contribution in [2.24, 2.45) is 0 Å². The number of hydrogen-bond acceptors (Lipinski definition) is 5. The molecule has 156 valence electrons. The van der Waals surface area contributed by atoms with Gasteiger partial charge in [-0.15, -0.1) is 0 Å². The molecular formula is C19H26BF3O5. The number of rotatable bonds is 7. The summed E-state index contributed by atoms with van der Waals surface area (Å²) in [5.41, 5.74) is -1.95. The van der Waals surface area contributed by atoms with Gasteiger partial charge in [0.2, 0.25) is 0 Å². The number of hydrogen-bond donors (Lipinski definition) is 0. The van der Waals surface area contributed by atoms with E-state index in [2.05, 4.69) is 0 Å². The van der Waals surface area contributed by atoms with E-state index >= 15 is 0 Å². The zero-order valence-electron chi connectivity index (χ0n) is 16.8. The van der Waals surface area contributed by atoms with Crippen molar-refractivity contribution in [2.45, 2.75) is 64.8 Å². The van der Waals surface area contributed by atoms with Crippen LogP contribution in [0.4, 0.5) is 13.2 Å². The topological polar surface area (TPSA) is 54.0 Å². The molecule has 0 N–H and O–H groups in total. The molecule has 0 radical (unpaired) electrons. The first-order valence-corrected chi connectivity index (χ1v) is 9.22. The van der Waals surface area contributed by atoms with Crippen LogP contribution in [0.5, 0.6) is 5.75 Å². The molecule has 0 aliphatic carbocycles. The molecule has 28 heavy (non-hydrogen) atoms. The lowest BCUT2D eigenvalue weighted by atomic mass is 9.78. The second-order valence-corrected chi connectivity index (χ2v) is 7.60. The molecule has 0 saturated carbocycles. The van der Waals surface area contributed by atoms with Crippen molar-refractivity contribution in [2.75, 3.05) is 13.2 Å². The van der Waals surface area contributed by atoms with E-state index in [-0.39, 0.29) is 37.3 Å². The van der Waals surface area contributed by atoms with E-state index < -0.39 is 36.0 Å². The highest BCUT2D eigenvalue weighted by molar-refractivity contribution is 6.62. The molecule has 0 aromatic heterocycles. The van der Waals surface area contributed by atoms with E-state index in [1.54, 1.807) is 6.92 Å². The summed E-state index contributed by atoms with van der Waals surface area (Å²) in [5.74, 6) is -0.699. The minimum absolute atomic E-state index is 0.0300. The van der Waals surface area contributed by atoms with Gasteiger partial charge in [0, 0.05) is 6.42 Å². The number of carbonyl (C=O) groups excluding carboxylic acids is 1. The first-order valence-electron chi connectivity index (χ1n) is 9.22. The van der Waals surface area contributed by atoms with Crippen LogP contribution in [0.25, 0.3) is 0 Å². The summed E-state index contributed by atoms with van der Waals surface area (Å²) in [7, 11) is -0.899. The molecule has 1 fully saturated rings. The first-order chi connectivity index (χ1) is 12.9. The maximum atomic E-state index is 13.5. The summed E-state index contributed by atoms with van der Waals surface area (Å²) >= 11 is 0. The van der Waals surface area contributed by atoms with Gasteiger partial charge < -0.3 is 18.8 Å². The number of benzene rings is 1. The van der Waals surface area contributed by atoms with Crippen LogP contribution < -0.4 is 10.2 Å². The van der Waals surface area contributed by atoms with Gasteiger partial charge in [0.25, 0.3) is 0 Å². The molecule has 1 aromatic rings. The smallest absolute Gasteiger partial charge is 0.493 e. The molecule has 0 bridgehead atoms. The molecule has 1 aliphatic heterocycles. The van der Waals surface area contributed by atoms with Crippen molar-refractivity contribution in [3.8, 4) is 5.75 Å². The summed E-state index contributed by atoms with van der Waals surface area (Å²) in [6.45, 7) is 9.25. The van der Waals surface area contributed by atoms with Gasteiger partial charge in [0.1, 0.15) is 5.75 Å². The third-order valence-electron chi connectivity index (χ3n) is 4.92. The van der Waals surface area contributed by atoms with Crippen molar-refractivity contribution in [1.82, 2.24) is 0 Å². The summed E-state index contributed by atoms with van der Waals surface area (Å²) in [5, 5.41) is 0. The predicted molar refractivity (Wildman–Crippen MR) is 98.5 cm³/mol. The van der Waals surface area contributed by atoms with Crippen LogP contribution in [-0.4, -0.2) is 37.5 Å². The van der Waals surface area contributed by atoms with Gasteiger partial charge in [0.05, 0.1) is 30.0 Å². The zero-order valence-corrected chi connectivity index (χ0v) is 16.8. The van der Waals surface area contributed by atoms with Crippen LogP contribution in [0.2, 0.25) is 0 Å². The van der Waals surface area contributed by atoms with E-state index in [9.17, 15) is 18.0 Å². The molecule has 0 atom stereocenters. The second kappa shape index (κ2) is 8.33. The molecule has 0 amide bonds. The first kappa shape index (κ1) is 22.6. The predicted octanol–water partition coefficient (Wildman–Crippen LogP) is 3.73. The second-order valence-electron chi connectivity index (χ2n) is 7.60. The van der Waals surface area contributed by atoms with Crippen molar-refractivity contribution in [3.05, 3.63) is 23.8 Å². The lowest BCUT2D eigenvalue weighted by molar-refractivity contribution is -0.143. The van der Waals surface area contributed by atoms with E-state index in [0.29, 0.717) is 0 Å². The molecule has 2 rings (SSSR count). The minimum atomic E-state index is -4.60. The van der Waals surface area contributed by atoms with E-state index in [1.165, 1.54) is 12.1 Å². The average Bonchev–Trinajstić information content (AvgIpc) is 2.79. The maximum absolute atomic E-state index is 13.5. The van der Waals surface area contributed by atoms with Crippen LogP contribution in [0.3, 0.4) is 0 Å².